The number of nitrogen functional groups attached to an aromatic ring is 1. The molecule has 8 nitrogen and oxygen atoms in total. The maximum absolute atomic E-state index is 5.91. The second-order valence-corrected chi connectivity index (χ2v) is 8.05. The molecule has 0 saturated carbocycles. The van der Waals surface area contributed by atoms with Gasteiger partial charge in [-0.3, -0.25) is 15.1 Å². The van der Waals surface area contributed by atoms with Gasteiger partial charge in [-0.1, -0.05) is 0 Å². The molecule has 0 unspecified atom stereocenters. The fraction of sp³-hybridized carbons (Fsp3) is 0.217. The molecule has 1 fully saturated rings. The van der Waals surface area contributed by atoms with Crippen LogP contribution in [0.15, 0.2) is 49.2 Å². The number of H-pyrrole nitrogens is 2. The van der Waals surface area contributed by atoms with Crippen molar-refractivity contribution in [1.82, 2.24) is 30.1 Å². The maximum Gasteiger partial charge on any atom is 0.155 e. The van der Waals surface area contributed by atoms with Gasteiger partial charge in [-0.2, -0.15) is 5.10 Å². The zero-order valence-corrected chi connectivity index (χ0v) is 17.0. The SMILES string of the molecule is Nc1cncc(-c2cnc3[nH]nc(-c4cc5c(N6CCCCC6)cncc5[nH]4)c3c2)c1. The number of anilines is 2. The number of fused-ring (bicyclic) bond motifs is 2. The number of nitrogens with zero attached hydrogens (tertiary/aromatic N) is 5. The normalized spacial score (nSPS) is 14.5. The van der Waals surface area contributed by atoms with Gasteiger partial charge in [0.05, 0.1) is 35.0 Å². The van der Waals surface area contributed by atoms with E-state index >= 15 is 0 Å². The molecule has 6 rings (SSSR count). The maximum atomic E-state index is 5.91. The summed E-state index contributed by atoms with van der Waals surface area (Å²) in [4.78, 5) is 19.2. The molecule has 1 saturated heterocycles. The van der Waals surface area contributed by atoms with Gasteiger partial charge >= 0.3 is 0 Å². The summed E-state index contributed by atoms with van der Waals surface area (Å²) in [6.45, 7) is 2.16. The highest BCUT2D eigenvalue weighted by atomic mass is 15.2. The molecule has 8 heteroatoms. The Bertz CT molecular complexity index is 1390. The fourth-order valence-corrected chi connectivity index (χ4v) is 4.43. The molecule has 31 heavy (non-hydrogen) atoms. The molecular weight excluding hydrogens is 388 g/mol. The third kappa shape index (κ3) is 3.07. The molecule has 0 aliphatic carbocycles. The number of piperidine rings is 1. The first-order valence-electron chi connectivity index (χ1n) is 10.5. The van der Waals surface area contributed by atoms with E-state index in [4.69, 9.17) is 5.73 Å². The Balaban J connectivity index is 1.46. The molecule has 5 aromatic heterocycles. The highest BCUT2D eigenvalue weighted by molar-refractivity contribution is 5.99. The summed E-state index contributed by atoms with van der Waals surface area (Å²) in [6, 6.07) is 6.15. The van der Waals surface area contributed by atoms with Crippen LogP contribution in [0.3, 0.4) is 0 Å². The van der Waals surface area contributed by atoms with Crippen molar-refractivity contribution < 1.29 is 0 Å². The lowest BCUT2D eigenvalue weighted by Crippen LogP contribution is -2.29. The van der Waals surface area contributed by atoms with E-state index in [-0.39, 0.29) is 0 Å². The van der Waals surface area contributed by atoms with Gasteiger partial charge in [-0.25, -0.2) is 4.98 Å². The summed E-state index contributed by atoms with van der Waals surface area (Å²) in [5.74, 6) is 0. The molecule has 0 radical (unpaired) electrons. The summed E-state index contributed by atoms with van der Waals surface area (Å²) < 4.78 is 0. The van der Waals surface area contributed by atoms with Gasteiger partial charge < -0.3 is 15.6 Å². The smallest absolute Gasteiger partial charge is 0.155 e. The van der Waals surface area contributed by atoms with E-state index in [0.717, 1.165) is 52.2 Å². The van der Waals surface area contributed by atoms with E-state index in [1.807, 2.05) is 24.7 Å². The molecular formula is C23H22N8. The topological polar surface area (TPSA) is 112 Å². The molecule has 0 amide bonds. The summed E-state index contributed by atoms with van der Waals surface area (Å²) in [5, 5.41) is 9.73. The van der Waals surface area contributed by atoms with Crippen LogP contribution in [0.5, 0.6) is 0 Å². The fourth-order valence-electron chi connectivity index (χ4n) is 4.43. The van der Waals surface area contributed by atoms with Crippen LogP contribution in [-0.4, -0.2) is 43.2 Å². The predicted octanol–water partition coefficient (Wildman–Crippen LogP) is 4.14. The highest BCUT2D eigenvalue weighted by Crippen LogP contribution is 2.34. The lowest BCUT2D eigenvalue weighted by Gasteiger charge is -2.28. The Morgan fingerprint density at radius 2 is 1.68 bits per heavy atom. The minimum absolute atomic E-state index is 0.623. The van der Waals surface area contributed by atoms with Crippen LogP contribution in [-0.2, 0) is 0 Å². The predicted molar refractivity (Wildman–Crippen MR) is 123 cm³/mol. The Morgan fingerprint density at radius 1 is 0.839 bits per heavy atom. The molecule has 0 aromatic carbocycles. The van der Waals surface area contributed by atoms with Crippen LogP contribution < -0.4 is 10.6 Å². The van der Waals surface area contributed by atoms with Gasteiger partial charge in [-0.05, 0) is 37.5 Å². The van der Waals surface area contributed by atoms with Gasteiger partial charge in [-0.15, -0.1) is 0 Å². The van der Waals surface area contributed by atoms with Crippen molar-refractivity contribution in [2.75, 3.05) is 23.7 Å². The largest absolute Gasteiger partial charge is 0.397 e. The number of nitrogens with two attached hydrogens (primary N) is 1. The van der Waals surface area contributed by atoms with Crippen LogP contribution >= 0.6 is 0 Å². The van der Waals surface area contributed by atoms with Crippen molar-refractivity contribution in [1.29, 1.82) is 0 Å². The zero-order valence-electron chi connectivity index (χ0n) is 17.0. The van der Waals surface area contributed by atoms with Crippen molar-refractivity contribution in [3.63, 3.8) is 0 Å². The lowest BCUT2D eigenvalue weighted by atomic mass is 10.1. The second kappa shape index (κ2) is 7.09. The van der Waals surface area contributed by atoms with Crippen molar-refractivity contribution in [3.8, 4) is 22.5 Å². The van der Waals surface area contributed by atoms with E-state index in [1.165, 1.54) is 30.3 Å². The highest BCUT2D eigenvalue weighted by Gasteiger charge is 2.18. The molecule has 4 N–H and O–H groups in total. The van der Waals surface area contributed by atoms with E-state index in [0.29, 0.717) is 5.69 Å². The first-order chi connectivity index (χ1) is 15.3. The molecule has 1 aliphatic heterocycles. The van der Waals surface area contributed by atoms with Crippen LogP contribution in [0.25, 0.3) is 44.5 Å². The van der Waals surface area contributed by atoms with Crippen molar-refractivity contribution in [3.05, 3.63) is 49.2 Å². The number of hydrogen-bond donors (Lipinski definition) is 3. The van der Waals surface area contributed by atoms with Crippen LogP contribution in [0.1, 0.15) is 19.3 Å². The van der Waals surface area contributed by atoms with Crippen molar-refractivity contribution in [2.45, 2.75) is 19.3 Å². The molecule has 0 atom stereocenters. The number of aromatic amines is 2. The second-order valence-electron chi connectivity index (χ2n) is 8.05. The quantitative estimate of drug-likeness (QED) is 0.412. The summed E-state index contributed by atoms with van der Waals surface area (Å²) in [5.41, 5.74) is 13.1. The summed E-state index contributed by atoms with van der Waals surface area (Å²) in [6.07, 6.45) is 12.8. The number of rotatable bonds is 3. The van der Waals surface area contributed by atoms with Gasteiger partial charge in [0, 0.05) is 53.6 Å². The molecule has 0 spiro atoms. The molecule has 154 valence electrons. The molecule has 1 aliphatic rings. The van der Waals surface area contributed by atoms with Crippen LogP contribution in [0.4, 0.5) is 11.4 Å². The summed E-state index contributed by atoms with van der Waals surface area (Å²) >= 11 is 0. The number of pyridine rings is 3. The van der Waals surface area contributed by atoms with E-state index in [2.05, 4.69) is 47.2 Å². The average Bonchev–Trinajstić information content (AvgIpc) is 3.43. The first-order valence-corrected chi connectivity index (χ1v) is 10.5. The minimum Gasteiger partial charge on any atom is -0.397 e. The van der Waals surface area contributed by atoms with Crippen LogP contribution in [0.2, 0.25) is 0 Å². The third-order valence-corrected chi connectivity index (χ3v) is 5.99. The van der Waals surface area contributed by atoms with Gasteiger partial charge in [0.1, 0.15) is 5.69 Å². The Kier molecular flexibility index (Phi) is 4.09. The molecule has 0 bridgehead atoms. The van der Waals surface area contributed by atoms with Crippen LogP contribution in [0, 0.1) is 0 Å². The summed E-state index contributed by atoms with van der Waals surface area (Å²) in [7, 11) is 0. The number of nitrogens with one attached hydrogen (secondary N) is 2. The van der Waals surface area contributed by atoms with E-state index in [9.17, 15) is 0 Å². The molecule has 6 heterocycles. The Hall–Kier alpha value is -3.94. The number of aromatic nitrogens is 6. The van der Waals surface area contributed by atoms with E-state index in [1.54, 1.807) is 12.4 Å². The lowest BCUT2D eigenvalue weighted by molar-refractivity contribution is 0.578. The van der Waals surface area contributed by atoms with Gasteiger partial charge in [0.25, 0.3) is 0 Å². The van der Waals surface area contributed by atoms with Crippen molar-refractivity contribution in [2.24, 2.45) is 0 Å². The standard InChI is InChI=1S/C23H22N8/c24-16-6-14(9-25-11-16)15-7-18-22(29-30-23(18)27-10-15)19-8-17-20(28-19)12-26-13-21(17)31-4-2-1-3-5-31/h6-13,28H,1-5,24H2,(H,27,29,30). The van der Waals surface area contributed by atoms with E-state index < -0.39 is 0 Å². The average molecular weight is 410 g/mol. The first kappa shape index (κ1) is 17.9. The number of hydrogen-bond acceptors (Lipinski definition) is 6. The monoisotopic (exact) mass is 410 g/mol. The molecule has 5 aromatic rings. The minimum atomic E-state index is 0.623. The Labute approximate surface area is 178 Å². The van der Waals surface area contributed by atoms with Gasteiger partial charge in [0.15, 0.2) is 5.65 Å². The Morgan fingerprint density at radius 3 is 2.55 bits per heavy atom. The third-order valence-electron chi connectivity index (χ3n) is 5.99. The zero-order chi connectivity index (χ0) is 20.8. The van der Waals surface area contributed by atoms with Gasteiger partial charge in [0.2, 0.25) is 0 Å². The van der Waals surface area contributed by atoms with Crippen molar-refractivity contribution >= 4 is 33.3 Å².